The molecule has 2 aliphatic heterocycles. The summed E-state index contributed by atoms with van der Waals surface area (Å²) in [6.07, 6.45) is 0. The number of anilines is 3. The van der Waals surface area contributed by atoms with Crippen LogP contribution in [0.3, 0.4) is 0 Å². The van der Waals surface area contributed by atoms with Crippen LogP contribution in [0.5, 0.6) is 0 Å². The SMILES string of the molecule is CN1CCN(c2cccc3c2C(=O)N(c2ccccc2Cl)C(C)(C)N3)CC1. The molecule has 0 aliphatic carbocycles. The molecule has 2 aromatic rings. The molecule has 5 nitrogen and oxygen atoms in total. The molecule has 4 rings (SSSR count). The molecule has 2 aliphatic rings. The van der Waals surface area contributed by atoms with Crippen molar-refractivity contribution in [2.75, 3.05) is 48.3 Å². The first-order valence-corrected chi connectivity index (χ1v) is 9.70. The van der Waals surface area contributed by atoms with Crippen molar-refractivity contribution in [3.8, 4) is 0 Å². The van der Waals surface area contributed by atoms with Gasteiger partial charge >= 0.3 is 0 Å². The van der Waals surface area contributed by atoms with Gasteiger partial charge in [-0.1, -0.05) is 29.8 Å². The molecule has 6 heteroatoms. The monoisotopic (exact) mass is 384 g/mol. The second kappa shape index (κ2) is 6.73. The number of benzene rings is 2. The summed E-state index contributed by atoms with van der Waals surface area (Å²) in [5.74, 6) is -0.0172. The van der Waals surface area contributed by atoms with Crippen molar-refractivity contribution in [1.29, 1.82) is 0 Å². The van der Waals surface area contributed by atoms with Gasteiger partial charge in [-0.2, -0.15) is 0 Å². The highest BCUT2D eigenvalue weighted by molar-refractivity contribution is 6.34. The van der Waals surface area contributed by atoms with Gasteiger partial charge < -0.3 is 15.1 Å². The van der Waals surface area contributed by atoms with Gasteiger partial charge in [-0.05, 0) is 45.2 Å². The van der Waals surface area contributed by atoms with Crippen LogP contribution in [0.25, 0.3) is 0 Å². The van der Waals surface area contributed by atoms with Crippen molar-refractivity contribution in [2.24, 2.45) is 0 Å². The summed E-state index contributed by atoms with van der Waals surface area (Å²) in [7, 11) is 2.13. The zero-order chi connectivity index (χ0) is 19.2. The fourth-order valence-corrected chi connectivity index (χ4v) is 4.19. The van der Waals surface area contributed by atoms with E-state index in [1.165, 1.54) is 0 Å². The highest BCUT2D eigenvalue weighted by atomic mass is 35.5. The minimum absolute atomic E-state index is 0.0172. The Bertz CT molecular complexity index is 874. The van der Waals surface area contributed by atoms with E-state index in [0.29, 0.717) is 5.02 Å². The topological polar surface area (TPSA) is 38.8 Å². The first-order valence-electron chi connectivity index (χ1n) is 9.32. The molecule has 142 valence electrons. The third kappa shape index (κ3) is 3.15. The van der Waals surface area contributed by atoms with Gasteiger partial charge in [0.25, 0.3) is 5.91 Å². The lowest BCUT2D eigenvalue weighted by atomic mass is 9.98. The zero-order valence-electron chi connectivity index (χ0n) is 16.0. The van der Waals surface area contributed by atoms with E-state index in [0.717, 1.165) is 48.8 Å². The molecule has 0 aromatic heterocycles. The van der Waals surface area contributed by atoms with Crippen LogP contribution in [0.15, 0.2) is 42.5 Å². The number of amides is 1. The van der Waals surface area contributed by atoms with Gasteiger partial charge in [0.2, 0.25) is 0 Å². The minimum atomic E-state index is -0.587. The average molecular weight is 385 g/mol. The Balaban J connectivity index is 1.80. The molecule has 2 aromatic carbocycles. The first kappa shape index (κ1) is 18.1. The first-order chi connectivity index (χ1) is 12.9. The molecule has 1 N–H and O–H groups in total. The number of fused-ring (bicyclic) bond motifs is 1. The van der Waals surface area contributed by atoms with E-state index in [4.69, 9.17) is 11.6 Å². The van der Waals surface area contributed by atoms with Crippen molar-refractivity contribution in [3.63, 3.8) is 0 Å². The lowest BCUT2D eigenvalue weighted by Gasteiger charge is -2.46. The summed E-state index contributed by atoms with van der Waals surface area (Å²) in [5.41, 5.74) is 2.73. The molecular formula is C21H25ClN4O. The number of carbonyl (C=O) groups excluding carboxylic acids is 1. The fourth-order valence-electron chi connectivity index (χ4n) is 3.97. The predicted octanol–water partition coefficient (Wildman–Crippen LogP) is 3.90. The molecule has 0 atom stereocenters. The molecule has 27 heavy (non-hydrogen) atoms. The number of nitrogens with one attached hydrogen (secondary N) is 1. The van der Waals surface area contributed by atoms with E-state index in [-0.39, 0.29) is 5.91 Å². The van der Waals surface area contributed by atoms with E-state index < -0.39 is 5.66 Å². The summed E-state index contributed by atoms with van der Waals surface area (Å²) >= 11 is 6.44. The number of rotatable bonds is 2. The van der Waals surface area contributed by atoms with E-state index >= 15 is 0 Å². The standard InChI is InChI=1S/C21H25ClN4O/c1-21(2)23-16-8-6-10-18(25-13-11-24(3)12-14-25)19(16)20(27)26(21)17-9-5-4-7-15(17)22/h4-10,23H,11-14H2,1-3H3. The summed E-state index contributed by atoms with van der Waals surface area (Å²) in [4.78, 5) is 20.1. The second-order valence-corrected chi connectivity index (χ2v) is 8.17. The quantitative estimate of drug-likeness (QED) is 0.852. The summed E-state index contributed by atoms with van der Waals surface area (Å²) in [6, 6.07) is 13.6. The van der Waals surface area contributed by atoms with Crippen LogP contribution in [0.1, 0.15) is 24.2 Å². The van der Waals surface area contributed by atoms with Crippen LogP contribution < -0.4 is 15.1 Å². The Morgan fingerprint density at radius 2 is 1.63 bits per heavy atom. The molecule has 1 amide bonds. The highest BCUT2D eigenvalue weighted by Crippen LogP contribution is 2.41. The Morgan fingerprint density at radius 3 is 2.33 bits per heavy atom. The molecule has 0 spiro atoms. The lowest BCUT2D eigenvalue weighted by Crippen LogP contribution is -2.57. The van der Waals surface area contributed by atoms with Crippen molar-refractivity contribution < 1.29 is 4.79 Å². The van der Waals surface area contributed by atoms with Crippen LogP contribution in [0.4, 0.5) is 17.1 Å². The number of hydrogen-bond donors (Lipinski definition) is 1. The molecular weight excluding hydrogens is 360 g/mol. The molecule has 0 radical (unpaired) electrons. The van der Waals surface area contributed by atoms with Crippen molar-refractivity contribution >= 4 is 34.6 Å². The van der Waals surface area contributed by atoms with Gasteiger partial charge in [0.1, 0.15) is 5.66 Å². The largest absolute Gasteiger partial charge is 0.368 e. The molecule has 1 saturated heterocycles. The molecule has 0 saturated carbocycles. The number of carbonyl (C=O) groups is 1. The van der Waals surface area contributed by atoms with E-state index in [2.05, 4.69) is 22.2 Å². The van der Waals surface area contributed by atoms with Gasteiger partial charge in [0.15, 0.2) is 0 Å². The maximum Gasteiger partial charge on any atom is 0.264 e. The van der Waals surface area contributed by atoms with Crippen LogP contribution >= 0.6 is 11.6 Å². The van der Waals surface area contributed by atoms with Crippen molar-refractivity contribution in [3.05, 3.63) is 53.1 Å². The van der Waals surface area contributed by atoms with Crippen LogP contribution in [0.2, 0.25) is 5.02 Å². The van der Waals surface area contributed by atoms with Gasteiger partial charge in [-0.15, -0.1) is 0 Å². The van der Waals surface area contributed by atoms with Crippen LogP contribution in [0, 0.1) is 0 Å². The highest BCUT2D eigenvalue weighted by Gasteiger charge is 2.41. The van der Waals surface area contributed by atoms with Gasteiger partial charge in [-0.25, -0.2) is 0 Å². The third-order valence-corrected chi connectivity index (χ3v) is 5.72. The Labute approximate surface area is 165 Å². The number of likely N-dealkylation sites (N-methyl/N-ethyl adjacent to an activating group) is 1. The molecule has 1 fully saturated rings. The van der Waals surface area contributed by atoms with Gasteiger partial charge in [0.05, 0.1) is 27.6 Å². The predicted molar refractivity (Wildman–Crippen MR) is 112 cm³/mol. The maximum atomic E-state index is 13.7. The number of halogens is 1. The fraction of sp³-hybridized carbons (Fsp3) is 0.381. The summed E-state index contributed by atoms with van der Waals surface area (Å²) in [5, 5.41) is 4.11. The average Bonchev–Trinajstić information content (AvgIpc) is 2.63. The third-order valence-electron chi connectivity index (χ3n) is 5.40. The maximum absolute atomic E-state index is 13.7. The smallest absolute Gasteiger partial charge is 0.264 e. The second-order valence-electron chi connectivity index (χ2n) is 7.77. The number of para-hydroxylation sites is 1. The minimum Gasteiger partial charge on any atom is -0.368 e. The zero-order valence-corrected chi connectivity index (χ0v) is 16.8. The normalized spacial score (nSPS) is 19.6. The summed E-state index contributed by atoms with van der Waals surface area (Å²) in [6.45, 7) is 7.81. The van der Waals surface area contributed by atoms with E-state index in [1.807, 2.05) is 56.3 Å². The number of nitrogens with zero attached hydrogens (tertiary/aromatic N) is 3. The van der Waals surface area contributed by atoms with Crippen LogP contribution in [-0.2, 0) is 0 Å². The Kier molecular flexibility index (Phi) is 4.52. The lowest BCUT2D eigenvalue weighted by molar-refractivity contribution is 0.0962. The molecule has 2 heterocycles. The Hall–Kier alpha value is -2.24. The van der Waals surface area contributed by atoms with Gasteiger partial charge in [0, 0.05) is 26.2 Å². The molecule has 0 bridgehead atoms. The van der Waals surface area contributed by atoms with Crippen LogP contribution in [-0.4, -0.2) is 49.7 Å². The van der Waals surface area contributed by atoms with E-state index in [1.54, 1.807) is 4.90 Å². The number of piperazine rings is 1. The number of hydrogen-bond acceptors (Lipinski definition) is 4. The molecule has 0 unspecified atom stereocenters. The Morgan fingerprint density at radius 1 is 0.963 bits per heavy atom. The van der Waals surface area contributed by atoms with Gasteiger partial charge in [-0.3, -0.25) is 9.69 Å². The van der Waals surface area contributed by atoms with Crippen molar-refractivity contribution in [2.45, 2.75) is 19.5 Å². The van der Waals surface area contributed by atoms with E-state index in [9.17, 15) is 4.79 Å². The van der Waals surface area contributed by atoms with Crippen molar-refractivity contribution in [1.82, 2.24) is 4.90 Å². The summed E-state index contributed by atoms with van der Waals surface area (Å²) < 4.78 is 0.